The second-order valence-electron chi connectivity index (χ2n) is 9.33. The van der Waals surface area contributed by atoms with Crippen molar-refractivity contribution in [2.75, 3.05) is 24.0 Å². The molecule has 214 valence electrons. The van der Waals surface area contributed by atoms with Crippen molar-refractivity contribution in [3.63, 3.8) is 0 Å². The first-order valence-corrected chi connectivity index (χ1v) is 14.6. The second kappa shape index (κ2) is 13.9. The number of nitrogens with zero attached hydrogens (tertiary/aromatic N) is 2. The minimum atomic E-state index is -4.21. The Morgan fingerprint density at radius 2 is 1.62 bits per heavy atom. The highest BCUT2D eigenvalue weighted by Crippen LogP contribution is 2.26. The minimum absolute atomic E-state index is 0.0290. The second-order valence-corrected chi connectivity index (χ2v) is 11.2. The fourth-order valence-corrected chi connectivity index (χ4v) is 5.44. The van der Waals surface area contributed by atoms with Crippen LogP contribution in [0, 0.1) is 12.7 Å². The van der Waals surface area contributed by atoms with Crippen molar-refractivity contribution in [2.24, 2.45) is 0 Å². The van der Waals surface area contributed by atoms with Gasteiger partial charge >= 0.3 is 0 Å². The Morgan fingerprint density at radius 3 is 2.23 bits per heavy atom. The summed E-state index contributed by atoms with van der Waals surface area (Å²) in [7, 11) is -4.21. The van der Waals surface area contributed by atoms with Gasteiger partial charge in [-0.1, -0.05) is 42.8 Å². The average molecular weight is 570 g/mol. The van der Waals surface area contributed by atoms with Crippen LogP contribution in [-0.4, -0.2) is 50.9 Å². The number of benzene rings is 3. The van der Waals surface area contributed by atoms with Crippen molar-refractivity contribution in [1.82, 2.24) is 10.2 Å². The van der Waals surface area contributed by atoms with Crippen LogP contribution in [-0.2, 0) is 26.2 Å². The summed E-state index contributed by atoms with van der Waals surface area (Å²) in [6.07, 6.45) is 0.696. The van der Waals surface area contributed by atoms with Crippen molar-refractivity contribution < 1.29 is 27.1 Å². The number of nitrogens with one attached hydrogen (secondary N) is 1. The fraction of sp³-hybridized carbons (Fsp3) is 0.333. The SMILES string of the molecule is CCCNC(=O)[C@@H](C)N(Cc1ccccc1F)C(=O)CN(c1ccc(C)cc1)S(=O)(=O)c1ccc(OCC)cc1. The van der Waals surface area contributed by atoms with E-state index in [2.05, 4.69) is 5.32 Å². The van der Waals surface area contributed by atoms with Crippen LogP contribution in [0.4, 0.5) is 10.1 Å². The number of sulfonamides is 1. The van der Waals surface area contributed by atoms with Gasteiger partial charge < -0.3 is 15.0 Å². The molecule has 0 saturated carbocycles. The third-order valence-electron chi connectivity index (χ3n) is 6.34. The molecule has 40 heavy (non-hydrogen) atoms. The van der Waals surface area contributed by atoms with Gasteiger partial charge in [-0.15, -0.1) is 0 Å². The Balaban J connectivity index is 2.01. The first-order chi connectivity index (χ1) is 19.1. The van der Waals surface area contributed by atoms with Crippen molar-refractivity contribution in [2.45, 2.75) is 51.6 Å². The summed E-state index contributed by atoms with van der Waals surface area (Å²) in [5.74, 6) is -1.08. The van der Waals surface area contributed by atoms with Crippen molar-refractivity contribution in [3.05, 3.63) is 89.7 Å². The fourth-order valence-electron chi connectivity index (χ4n) is 4.03. The van der Waals surface area contributed by atoms with Crippen LogP contribution in [0.2, 0.25) is 0 Å². The maximum absolute atomic E-state index is 14.6. The van der Waals surface area contributed by atoms with Crippen molar-refractivity contribution in [1.29, 1.82) is 0 Å². The van der Waals surface area contributed by atoms with Crippen LogP contribution in [0.5, 0.6) is 5.75 Å². The quantitative estimate of drug-likeness (QED) is 0.323. The standard InChI is InChI=1S/C30H36FN3O5S/c1-5-19-32-30(36)23(4)33(20-24-9-7-8-10-28(24)31)29(35)21-34(25-13-11-22(3)12-14-25)40(37,38)27-17-15-26(16-18-27)39-6-2/h7-18,23H,5-6,19-21H2,1-4H3,(H,32,36)/t23-/m1/s1. The smallest absolute Gasteiger partial charge is 0.264 e. The van der Waals surface area contributed by atoms with E-state index in [4.69, 9.17) is 4.74 Å². The van der Waals surface area contributed by atoms with Crippen LogP contribution in [0.1, 0.15) is 38.3 Å². The first kappa shape index (κ1) is 30.6. The molecule has 10 heteroatoms. The molecule has 0 aliphatic carbocycles. The predicted molar refractivity (Wildman–Crippen MR) is 153 cm³/mol. The lowest BCUT2D eigenvalue weighted by Crippen LogP contribution is -2.51. The molecule has 3 aromatic rings. The molecule has 2 amide bonds. The Hall–Kier alpha value is -3.92. The van der Waals surface area contributed by atoms with E-state index in [0.717, 1.165) is 9.87 Å². The number of hydrogen-bond donors (Lipinski definition) is 1. The zero-order valence-electron chi connectivity index (χ0n) is 23.3. The molecule has 0 aliphatic rings. The molecule has 1 atom stereocenters. The van der Waals surface area contributed by atoms with Gasteiger partial charge in [-0.2, -0.15) is 0 Å². The normalized spacial score (nSPS) is 11.9. The van der Waals surface area contributed by atoms with Crippen LogP contribution < -0.4 is 14.4 Å². The van der Waals surface area contributed by atoms with E-state index in [9.17, 15) is 22.4 Å². The summed E-state index contributed by atoms with van der Waals surface area (Å²) >= 11 is 0. The van der Waals surface area contributed by atoms with Gasteiger partial charge in [-0.05, 0) is 69.7 Å². The van der Waals surface area contributed by atoms with Gasteiger partial charge in [-0.25, -0.2) is 12.8 Å². The van der Waals surface area contributed by atoms with E-state index in [-0.39, 0.29) is 22.7 Å². The highest BCUT2D eigenvalue weighted by Gasteiger charge is 2.32. The molecule has 0 radical (unpaired) electrons. The number of aryl methyl sites for hydroxylation is 1. The number of carbonyl (C=O) groups is 2. The topological polar surface area (TPSA) is 96.0 Å². The molecule has 0 heterocycles. The third-order valence-corrected chi connectivity index (χ3v) is 8.13. The number of anilines is 1. The van der Waals surface area contributed by atoms with Crippen molar-refractivity contribution in [3.8, 4) is 5.75 Å². The van der Waals surface area contributed by atoms with Gasteiger partial charge in [0, 0.05) is 18.7 Å². The average Bonchev–Trinajstić information content (AvgIpc) is 2.94. The Morgan fingerprint density at radius 1 is 0.975 bits per heavy atom. The molecule has 0 saturated heterocycles. The third kappa shape index (κ3) is 7.59. The van der Waals surface area contributed by atoms with Gasteiger partial charge in [0.2, 0.25) is 11.8 Å². The lowest BCUT2D eigenvalue weighted by atomic mass is 10.1. The number of amides is 2. The number of halogens is 1. The van der Waals surface area contributed by atoms with E-state index < -0.39 is 40.2 Å². The lowest BCUT2D eigenvalue weighted by molar-refractivity contribution is -0.139. The molecule has 8 nitrogen and oxygen atoms in total. The summed E-state index contributed by atoms with van der Waals surface area (Å²) in [5.41, 5.74) is 1.40. The molecule has 0 aliphatic heterocycles. The van der Waals surface area contributed by atoms with Gasteiger partial charge in [0.25, 0.3) is 10.0 Å². The van der Waals surface area contributed by atoms with Crippen LogP contribution >= 0.6 is 0 Å². The van der Waals surface area contributed by atoms with E-state index in [1.54, 1.807) is 49.4 Å². The summed E-state index contributed by atoms with van der Waals surface area (Å²) in [6, 6.07) is 17.7. The zero-order chi connectivity index (χ0) is 29.3. The van der Waals surface area contributed by atoms with Crippen LogP contribution in [0.15, 0.2) is 77.7 Å². The molecule has 3 aromatic carbocycles. The highest BCUT2D eigenvalue weighted by molar-refractivity contribution is 7.92. The maximum atomic E-state index is 14.6. The van der Waals surface area contributed by atoms with Crippen LogP contribution in [0.25, 0.3) is 0 Å². The monoisotopic (exact) mass is 569 g/mol. The van der Waals surface area contributed by atoms with E-state index in [0.29, 0.717) is 25.3 Å². The largest absolute Gasteiger partial charge is 0.494 e. The molecule has 3 rings (SSSR count). The van der Waals surface area contributed by atoms with Gasteiger partial charge in [0.1, 0.15) is 24.2 Å². The molecule has 0 bridgehead atoms. The van der Waals surface area contributed by atoms with Gasteiger partial charge in [0.05, 0.1) is 17.2 Å². The molecule has 1 N–H and O–H groups in total. The number of hydrogen-bond acceptors (Lipinski definition) is 5. The number of rotatable bonds is 13. The van der Waals surface area contributed by atoms with E-state index >= 15 is 0 Å². The Bertz CT molecular complexity index is 1400. The van der Waals surface area contributed by atoms with E-state index in [1.165, 1.54) is 35.2 Å². The van der Waals surface area contributed by atoms with Crippen LogP contribution in [0.3, 0.4) is 0 Å². The number of carbonyl (C=O) groups excluding carboxylic acids is 2. The molecular weight excluding hydrogens is 533 g/mol. The molecule has 0 spiro atoms. The number of ether oxygens (including phenoxy) is 1. The van der Waals surface area contributed by atoms with Gasteiger partial charge in [0.15, 0.2) is 0 Å². The first-order valence-electron chi connectivity index (χ1n) is 13.2. The molecular formula is C30H36FN3O5S. The Kier molecular flexibility index (Phi) is 10.7. The zero-order valence-corrected chi connectivity index (χ0v) is 24.1. The van der Waals surface area contributed by atoms with Crippen molar-refractivity contribution >= 4 is 27.5 Å². The minimum Gasteiger partial charge on any atom is -0.494 e. The summed E-state index contributed by atoms with van der Waals surface area (Å²) in [5, 5.41) is 2.76. The summed E-state index contributed by atoms with van der Waals surface area (Å²) in [6.45, 7) is 7.16. The molecule has 0 aromatic heterocycles. The maximum Gasteiger partial charge on any atom is 0.264 e. The summed E-state index contributed by atoms with van der Waals surface area (Å²) < 4.78 is 48.8. The Labute approximate surface area is 235 Å². The van der Waals surface area contributed by atoms with Gasteiger partial charge in [-0.3, -0.25) is 13.9 Å². The highest BCUT2D eigenvalue weighted by atomic mass is 32.2. The molecule has 0 unspecified atom stereocenters. The lowest BCUT2D eigenvalue weighted by Gasteiger charge is -2.32. The van der Waals surface area contributed by atoms with E-state index in [1.807, 2.05) is 20.8 Å². The summed E-state index contributed by atoms with van der Waals surface area (Å²) in [4.78, 5) is 27.9. The molecule has 0 fully saturated rings. The predicted octanol–water partition coefficient (Wildman–Crippen LogP) is 4.67.